The van der Waals surface area contributed by atoms with Gasteiger partial charge in [0, 0.05) is 12.1 Å². The maximum Gasteiger partial charge on any atom is 0.337 e. The van der Waals surface area contributed by atoms with E-state index >= 15 is 0 Å². The Morgan fingerprint density at radius 2 is 2.20 bits per heavy atom. The molecule has 0 aliphatic rings. The summed E-state index contributed by atoms with van der Waals surface area (Å²) in [4.78, 5) is 10.9. The summed E-state index contributed by atoms with van der Waals surface area (Å²) >= 11 is 10.6. The van der Waals surface area contributed by atoms with Crippen LogP contribution in [0, 0.1) is 0 Å². The van der Waals surface area contributed by atoms with Crippen molar-refractivity contribution in [1.82, 2.24) is 5.32 Å². The fourth-order valence-electron chi connectivity index (χ4n) is 0.987. The summed E-state index contributed by atoms with van der Waals surface area (Å²) < 4.78 is 0. The number of rotatable bonds is 2. The molecule has 0 fully saturated rings. The predicted molar refractivity (Wildman–Crippen MR) is 63.7 cm³/mol. The molecule has 0 atom stereocenters. The number of carboxylic acid groups (broad SMARTS) is 1. The first-order chi connectivity index (χ1) is 7.04. The summed E-state index contributed by atoms with van der Waals surface area (Å²) in [5.74, 6) is -1.06. The van der Waals surface area contributed by atoms with E-state index in [-0.39, 0.29) is 5.56 Å². The third-order valence-electron chi connectivity index (χ3n) is 1.69. The van der Waals surface area contributed by atoms with Crippen LogP contribution in [0.3, 0.4) is 0 Å². The largest absolute Gasteiger partial charge is 0.478 e. The number of hydrogen-bond donors (Lipinski definition) is 3. The highest BCUT2D eigenvalue weighted by molar-refractivity contribution is 7.80. The first-order valence-electron chi connectivity index (χ1n) is 4.06. The second kappa shape index (κ2) is 4.95. The summed E-state index contributed by atoms with van der Waals surface area (Å²) in [7, 11) is 1.64. The Labute approximate surface area is 97.2 Å². The van der Waals surface area contributed by atoms with Crippen molar-refractivity contribution in [2.24, 2.45) is 0 Å². The molecular weight excluding hydrogens is 236 g/mol. The normalized spacial score (nSPS) is 9.47. The zero-order valence-corrected chi connectivity index (χ0v) is 9.45. The van der Waals surface area contributed by atoms with Gasteiger partial charge < -0.3 is 15.7 Å². The van der Waals surface area contributed by atoms with Crippen LogP contribution in [0.1, 0.15) is 10.4 Å². The Hall–Kier alpha value is -1.33. The summed E-state index contributed by atoms with van der Waals surface area (Å²) in [6.07, 6.45) is 0. The summed E-state index contributed by atoms with van der Waals surface area (Å²) in [6.45, 7) is 0. The van der Waals surface area contributed by atoms with Gasteiger partial charge in [-0.05, 0) is 30.4 Å². The van der Waals surface area contributed by atoms with Gasteiger partial charge in [-0.15, -0.1) is 0 Å². The fraction of sp³-hybridized carbons (Fsp3) is 0.111. The number of benzene rings is 1. The third-order valence-corrected chi connectivity index (χ3v) is 2.23. The van der Waals surface area contributed by atoms with Crippen LogP contribution < -0.4 is 10.6 Å². The van der Waals surface area contributed by atoms with Gasteiger partial charge >= 0.3 is 5.97 Å². The molecule has 6 heteroatoms. The van der Waals surface area contributed by atoms with Gasteiger partial charge in [-0.2, -0.15) is 0 Å². The maximum atomic E-state index is 10.9. The zero-order chi connectivity index (χ0) is 11.4. The Kier molecular flexibility index (Phi) is 3.88. The van der Waals surface area contributed by atoms with Gasteiger partial charge in [0.05, 0.1) is 11.3 Å². The number of nitrogens with one attached hydrogen (secondary N) is 2. The average molecular weight is 245 g/mol. The Morgan fingerprint density at radius 1 is 1.53 bits per heavy atom. The highest BCUT2D eigenvalue weighted by Gasteiger charge is 2.11. The van der Waals surface area contributed by atoms with E-state index in [2.05, 4.69) is 10.6 Å². The highest BCUT2D eigenvalue weighted by atomic mass is 35.5. The molecule has 0 aromatic heterocycles. The first-order valence-corrected chi connectivity index (χ1v) is 4.85. The number of carboxylic acids is 1. The molecule has 1 rings (SSSR count). The number of anilines is 1. The van der Waals surface area contributed by atoms with Gasteiger partial charge in [0.2, 0.25) is 0 Å². The summed E-state index contributed by atoms with van der Waals surface area (Å²) in [6, 6.07) is 4.52. The Morgan fingerprint density at radius 3 is 2.73 bits per heavy atom. The van der Waals surface area contributed by atoms with Gasteiger partial charge in [0.15, 0.2) is 5.11 Å². The Balaban J connectivity index is 3.06. The molecule has 80 valence electrons. The van der Waals surface area contributed by atoms with Gasteiger partial charge in [0.25, 0.3) is 0 Å². The number of carbonyl (C=O) groups is 1. The molecule has 0 aliphatic heterocycles. The van der Waals surface area contributed by atoms with E-state index in [9.17, 15) is 4.79 Å². The molecule has 0 radical (unpaired) electrons. The smallest absolute Gasteiger partial charge is 0.337 e. The molecule has 4 nitrogen and oxygen atoms in total. The van der Waals surface area contributed by atoms with Gasteiger partial charge in [0.1, 0.15) is 0 Å². The lowest BCUT2D eigenvalue weighted by Gasteiger charge is -2.09. The van der Waals surface area contributed by atoms with Crippen molar-refractivity contribution in [3.05, 3.63) is 28.8 Å². The lowest BCUT2D eigenvalue weighted by Crippen LogP contribution is -2.25. The fourth-order valence-corrected chi connectivity index (χ4v) is 1.27. The van der Waals surface area contributed by atoms with E-state index in [0.717, 1.165) is 0 Å². The quantitative estimate of drug-likeness (QED) is 0.695. The van der Waals surface area contributed by atoms with E-state index in [1.54, 1.807) is 19.2 Å². The second-order valence-corrected chi connectivity index (χ2v) is 3.54. The number of halogens is 1. The highest BCUT2D eigenvalue weighted by Crippen LogP contribution is 2.20. The van der Waals surface area contributed by atoms with Crippen LogP contribution in [0.5, 0.6) is 0 Å². The van der Waals surface area contributed by atoms with Crippen LogP contribution in [0.25, 0.3) is 0 Å². The van der Waals surface area contributed by atoms with E-state index < -0.39 is 5.97 Å². The van der Waals surface area contributed by atoms with E-state index in [1.165, 1.54) is 6.07 Å². The van der Waals surface area contributed by atoms with E-state index in [1.807, 2.05) is 0 Å². The van der Waals surface area contributed by atoms with E-state index in [0.29, 0.717) is 15.8 Å². The minimum atomic E-state index is -1.06. The van der Waals surface area contributed by atoms with Crippen molar-refractivity contribution in [2.45, 2.75) is 0 Å². The molecule has 3 N–H and O–H groups in total. The molecule has 0 saturated carbocycles. The number of thiocarbonyl (C=S) groups is 1. The van der Waals surface area contributed by atoms with Gasteiger partial charge in [-0.25, -0.2) is 4.79 Å². The van der Waals surface area contributed by atoms with Crippen molar-refractivity contribution < 1.29 is 9.90 Å². The SMILES string of the molecule is CNC(=S)Nc1ccc(Cl)cc1C(=O)O. The zero-order valence-electron chi connectivity index (χ0n) is 7.87. The predicted octanol–water partition coefficient (Wildman–Crippen LogP) is 1.95. The molecular formula is C9H9ClN2O2S. The monoisotopic (exact) mass is 244 g/mol. The summed E-state index contributed by atoms with van der Waals surface area (Å²) in [5.41, 5.74) is 0.492. The number of hydrogen-bond acceptors (Lipinski definition) is 2. The second-order valence-electron chi connectivity index (χ2n) is 2.70. The van der Waals surface area contributed by atoms with Crippen LogP contribution in [-0.2, 0) is 0 Å². The van der Waals surface area contributed by atoms with Crippen LogP contribution in [0.2, 0.25) is 5.02 Å². The van der Waals surface area contributed by atoms with Crippen molar-refractivity contribution >= 4 is 40.6 Å². The molecule has 0 bridgehead atoms. The molecule has 1 aromatic carbocycles. The maximum absolute atomic E-state index is 10.9. The van der Waals surface area contributed by atoms with E-state index in [4.69, 9.17) is 28.9 Å². The minimum Gasteiger partial charge on any atom is -0.478 e. The molecule has 15 heavy (non-hydrogen) atoms. The van der Waals surface area contributed by atoms with Crippen LogP contribution in [0.15, 0.2) is 18.2 Å². The van der Waals surface area contributed by atoms with Crippen LogP contribution >= 0.6 is 23.8 Å². The Bertz CT molecular complexity index is 409. The van der Waals surface area contributed by atoms with Crippen molar-refractivity contribution in [3.8, 4) is 0 Å². The lowest BCUT2D eigenvalue weighted by molar-refractivity contribution is 0.0698. The minimum absolute atomic E-state index is 0.0834. The standard InChI is InChI=1S/C9H9ClN2O2S/c1-11-9(15)12-7-3-2-5(10)4-6(7)8(13)14/h2-4H,1H3,(H,13,14)(H2,11,12,15). The molecule has 0 amide bonds. The van der Waals surface area contributed by atoms with Crippen molar-refractivity contribution in [1.29, 1.82) is 0 Å². The molecule has 0 spiro atoms. The molecule has 0 aliphatic carbocycles. The molecule has 0 saturated heterocycles. The first kappa shape index (κ1) is 11.7. The topological polar surface area (TPSA) is 61.4 Å². The molecule has 1 aromatic rings. The third kappa shape index (κ3) is 3.07. The van der Waals surface area contributed by atoms with Crippen LogP contribution in [0.4, 0.5) is 5.69 Å². The average Bonchev–Trinajstić information content (AvgIpc) is 2.20. The van der Waals surface area contributed by atoms with Gasteiger partial charge in [-0.1, -0.05) is 11.6 Å². The van der Waals surface area contributed by atoms with Crippen LogP contribution in [-0.4, -0.2) is 23.2 Å². The van der Waals surface area contributed by atoms with Crippen molar-refractivity contribution in [3.63, 3.8) is 0 Å². The van der Waals surface area contributed by atoms with Gasteiger partial charge in [-0.3, -0.25) is 0 Å². The van der Waals surface area contributed by atoms with Crippen molar-refractivity contribution in [2.75, 3.05) is 12.4 Å². The lowest BCUT2D eigenvalue weighted by atomic mass is 10.2. The molecule has 0 unspecified atom stereocenters. The molecule has 0 heterocycles. The summed E-state index contributed by atoms with van der Waals surface area (Å²) in [5, 5.41) is 15.1. The number of aromatic carboxylic acids is 1.